The molecule has 2 aliphatic heterocycles. The Morgan fingerprint density at radius 3 is 2.88 bits per heavy atom. The lowest BCUT2D eigenvalue weighted by molar-refractivity contribution is 0.221. The molecule has 1 unspecified atom stereocenters. The van der Waals surface area contributed by atoms with E-state index in [1.54, 1.807) is 11.3 Å². The molecule has 0 spiro atoms. The third kappa shape index (κ3) is 2.18. The summed E-state index contributed by atoms with van der Waals surface area (Å²) in [6.07, 6.45) is 4.18. The van der Waals surface area contributed by atoms with Crippen molar-refractivity contribution in [1.29, 1.82) is 0 Å². The topological polar surface area (TPSA) is 27.3 Å². The first kappa shape index (κ1) is 10.4. The fourth-order valence-electron chi connectivity index (χ4n) is 2.61. The number of rotatable bonds is 2. The first-order chi connectivity index (χ1) is 7.92. The average molecular weight is 237 g/mol. The van der Waals surface area contributed by atoms with Crippen LogP contribution in [0.4, 0.5) is 11.4 Å². The maximum absolute atomic E-state index is 3.63. The van der Waals surface area contributed by atoms with Gasteiger partial charge < -0.3 is 15.5 Å². The molecule has 0 aromatic carbocycles. The van der Waals surface area contributed by atoms with Crippen molar-refractivity contribution >= 4 is 22.7 Å². The summed E-state index contributed by atoms with van der Waals surface area (Å²) in [6, 6.07) is 0.570. The second-order valence-electron chi connectivity index (χ2n) is 4.78. The molecule has 0 aliphatic carbocycles. The van der Waals surface area contributed by atoms with Crippen LogP contribution in [0.15, 0.2) is 10.8 Å². The van der Waals surface area contributed by atoms with E-state index in [1.165, 1.54) is 50.3 Å². The van der Waals surface area contributed by atoms with Crippen LogP contribution >= 0.6 is 11.3 Å². The Morgan fingerprint density at radius 1 is 1.19 bits per heavy atom. The summed E-state index contributed by atoms with van der Waals surface area (Å²) in [5.41, 5.74) is 2.57. The van der Waals surface area contributed by atoms with Crippen molar-refractivity contribution in [2.75, 3.05) is 36.8 Å². The molecule has 2 N–H and O–H groups in total. The summed E-state index contributed by atoms with van der Waals surface area (Å²) in [5.74, 6) is 0. The molecule has 0 saturated carbocycles. The highest BCUT2D eigenvalue weighted by molar-refractivity contribution is 7.09. The minimum absolute atomic E-state index is 0.570. The molecule has 2 aliphatic rings. The molecule has 1 atom stereocenters. The molecule has 3 rings (SSSR count). The molecule has 0 amide bonds. The quantitative estimate of drug-likeness (QED) is 0.827. The zero-order chi connectivity index (χ0) is 10.8. The number of anilines is 2. The molecule has 1 fully saturated rings. The van der Waals surface area contributed by atoms with Gasteiger partial charge >= 0.3 is 0 Å². The third-order valence-corrected chi connectivity index (χ3v) is 4.23. The number of hydrogen-bond acceptors (Lipinski definition) is 4. The first-order valence-electron chi connectivity index (χ1n) is 6.21. The van der Waals surface area contributed by atoms with Crippen LogP contribution in [0.1, 0.15) is 19.3 Å². The number of likely N-dealkylation sites (tertiary alicyclic amines) is 1. The van der Waals surface area contributed by atoms with Crippen LogP contribution < -0.4 is 10.6 Å². The van der Waals surface area contributed by atoms with Gasteiger partial charge in [0.1, 0.15) is 0 Å². The monoisotopic (exact) mass is 237 g/mol. The molecule has 0 bridgehead atoms. The Morgan fingerprint density at radius 2 is 2.00 bits per heavy atom. The van der Waals surface area contributed by atoms with Crippen LogP contribution in [0.2, 0.25) is 0 Å². The minimum atomic E-state index is 0.570. The Kier molecular flexibility index (Phi) is 3.02. The lowest BCUT2D eigenvalue weighted by Crippen LogP contribution is -2.44. The molecule has 1 aromatic rings. The lowest BCUT2D eigenvalue weighted by Gasteiger charge is -2.33. The van der Waals surface area contributed by atoms with Crippen molar-refractivity contribution < 1.29 is 0 Å². The van der Waals surface area contributed by atoms with E-state index < -0.39 is 0 Å². The standard InChI is InChI=1S/C12H19N3S/c1-2-4-15(5-3-1)7-10-6-13-11-8-16-9-12(11)14-10/h8-10,13-14H,1-7H2. The van der Waals surface area contributed by atoms with E-state index >= 15 is 0 Å². The average Bonchev–Trinajstić information content (AvgIpc) is 2.77. The van der Waals surface area contributed by atoms with Crippen molar-refractivity contribution in [2.45, 2.75) is 25.3 Å². The molecule has 1 saturated heterocycles. The summed E-state index contributed by atoms with van der Waals surface area (Å²) in [5, 5.41) is 11.5. The normalized spacial score (nSPS) is 25.6. The zero-order valence-corrected chi connectivity index (χ0v) is 10.4. The van der Waals surface area contributed by atoms with Crippen LogP contribution in [0.3, 0.4) is 0 Å². The van der Waals surface area contributed by atoms with Gasteiger partial charge in [-0.2, -0.15) is 0 Å². The van der Waals surface area contributed by atoms with E-state index in [-0.39, 0.29) is 0 Å². The highest BCUT2D eigenvalue weighted by Gasteiger charge is 2.20. The van der Waals surface area contributed by atoms with E-state index in [2.05, 4.69) is 26.3 Å². The summed E-state index contributed by atoms with van der Waals surface area (Å²) < 4.78 is 0. The summed E-state index contributed by atoms with van der Waals surface area (Å²) in [7, 11) is 0. The van der Waals surface area contributed by atoms with Crippen molar-refractivity contribution in [1.82, 2.24) is 4.90 Å². The largest absolute Gasteiger partial charge is 0.381 e. The molecule has 4 heteroatoms. The zero-order valence-electron chi connectivity index (χ0n) is 9.54. The maximum atomic E-state index is 3.63. The molecule has 0 radical (unpaired) electrons. The predicted octanol–water partition coefficient (Wildman–Crippen LogP) is 2.44. The minimum Gasteiger partial charge on any atom is -0.381 e. The van der Waals surface area contributed by atoms with Crippen LogP contribution in [0.5, 0.6) is 0 Å². The highest BCUT2D eigenvalue weighted by atomic mass is 32.1. The van der Waals surface area contributed by atoms with E-state index in [9.17, 15) is 0 Å². The molecular formula is C12H19N3S. The molecule has 3 heterocycles. The van der Waals surface area contributed by atoms with Gasteiger partial charge in [0.2, 0.25) is 0 Å². The maximum Gasteiger partial charge on any atom is 0.0688 e. The second kappa shape index (κ2) is 4.63. The van der Waals surface area contributed by atoms with Crippen LogP contribution in [0.25, 0.3) is 0 Å². The van der Waals surface area contributed by atoms with Crippen molar-refractivity contribution in [3.8, 4) is 0 Å². The lowest BCUT2D eigenvalue weighted by atomic mass is 10.1. The van der Waals surface area contributed by atoms with Gasteiger partial charge in [-0.1, -0.05) is 6.42 Å². The van der Waals surface area contributed by atoms with E-state index in [4.69, 9.17) is 0 Å². The van der Waals surface area contributed by atoms with E-state index in [0.717, 1.165) is 6.54 Å². The molecule has 1 aromatic heterocycles. The Labute approximate surface area is 101 Å². The number of piperidine rings is 1. The molecular weight excluding hydrogens is 218 g/mol. The van der Waals surface area contributed by atoms with Crippen molar-refractivity contribution in [3.63, 3.8) is 0 Å². The summed E-state index contributed by atoms with van der Waals surface area (Å²) in [4.78, 5) is 2.60. The van der Waals surface area contributed by atoms with Crippen LogP contribution in [0, 0.1) is 0 Å². The Bertz CT molecular complexity index is 344. The number of fused-ring (bicyclic) bond motifs is 1. The molecule has 3 nitrogen and oxygen atoms in total. The van der Waals surface area contributed by atoms with Gasteiger partial charge in [-0.25, -0.2) is 0 Å². The summed E-state index contributed by atoms with van der Waals surface area (Å²) in [6.45, 7) is 4.81. The van der Waals surface area contributed by atoms with Crippen molar-refractivity contribution in [2.24, 2.45) is 0 Å². The Balaban J connectivity index is 1.57. The first-order valence-corrected chi connectivity index (χ1v) is 7.15. The van der Waals surface area contributed by atoms with Gasteiger partial charge in [-0.05, 0) is 25.9 Å². The van der Waals surface area contributed by atoms with Crippen LogP contribution in [-0.4, -0.2) is 37.1 Å². The van der Waals surface area contributed by atoms with Gasteiger partial charge in [0.15, 0.2) is 0 Å². The van der Waals surface area contributed by atoms with Gasteiger partial charge in [-0.15, -0.1) is 11.3 Å². The SMILES string of the molecule is c1scc2c1NCC(CN1CCCCC1)N2. The number of nitrogens with one attached hydrogen (secondary N) is 2. The fourth-order valence-corrected chi connectivity index (χ4v) is 3.36. The Hall–Kier alpha value is -0.740. The number of nitrogens with zero attached hydrogens (tertiary/aromatic N) is 1. The van der Waals surface area contributed by atoms with Gasteiger partial charge in [0, 0.05) is 23.8 Å². The highest BCUT2D eigenvalue weighted by Crippen LogP contribution is 2.30. The van der Waals surface area contributed by atoms with Gasteiger partial charge in [0.05, 0.1) is 17.4 Å². The second-order valence-corrected chi connectivity index (χ2v) is 5.53. The van der Waals surface area contributed by atoms with Gasteiger partial charge in [0.25, 0.3) is 0 Å². The summed E-state index contributed by atoms with van der Waals surface area (Å²) >= 11 is 1.76. The van der Waals surface area contributed by atoms with E-state index in [1.807, 2.05) is 0 Å². The van der Waals surface area contributed by atoms with Crippen molar-refractivity contribution in [3.05, 3.63) is 10.8 Å². The fraction of sp³-hybridized carbons (Fsp3) is 0.667. The van der Waals surface area contributed by atoms with Crippen LogP contribution in [-0.2, 0) is 0 Å². The number of hydrogen-bond donors (Lipinski definition) is 2. The predicted molar refractivity (Wildman–Crippen MR) is 70.5 cm³/mol. The molecule has 16 heavy (non-hydrogen) atoms. The molecule has 88 valence electrons. The number of thiophene rings is 1. The van der Waals surface area contributed by atoms with Gasteiger partial charge in [-0.3, -0.25) is 0 Å². The smallest absolute Gasteiger partial charge is 0.0688 e. The van der Waals surface area contributed by atoms with E-state index in [0.29, 0.717) is 6.04 Å². The third-order valence-electron chi connectivity index (χ3n) is 3.49.